The molecular weight excluding hydrogens is 242 g/mol. The van der Waals surface area contributed by atoms with E-state index < -0.39 is 5.97 Å². The molecule has 2 aliphatic rings. The van der Waals surface area contributed by atoms with Crippen LogP contribution in [0, 0.1) is 5.92 Å². The molecule has 4 heteroatoms. The number of morpholine rings is 1. The zero-order valence-corrected chi connectivity index (χ0v) is 10.9. The molecule has 1 aromatic rings. The maximum atomic E-state index is 11.6. The van der Waals surface area contributed by atoms with Gasteiger partial charge < -0.3 is 9.84 Å². The van der Waals surface area contributed by atoms with E-state index in [9.17, 15) is 9.90 Å². The maximum absolute atomic E-state index is 11.6. The van der Waals surface area contributed by atoms with E-state index in [0.717, 1.165) is 38.3 Å². The lowest BCUT2D eigenvalue weighted by Crippen LogP contribution is -2.39. The number of nitrogens with zero attached hydrogens (tertiary/aromatic N) is 1. The molecule has 1 aliphatic carbocycles. The number of rotatable bonds is 4. The molecule has 3 rings (SSSR count). The van der Waals surface area contributed by atoms with Crippen LogP contribution in [0.15, 0.2) is 30.3 Å². The van der Waals surface area contributed by atoms with E-state index in [-0.39, 0.29) is 11.8 Å². The minimum absolute atomic E-state index is 0.248. The lowest BCUT2D eigenvalue weighted by Gasteiger charge is -2.27. The first-order valence-electron chi connectivity index (χ1n) is 6.87. The third-order valence-corrected chi connectivity index (χ3v) is 4.17. The Kier molecular flexibility index (Phi) is 3.53. The van der Waals surface area contributed by atoms with Gasteiger partial charge in [0.1, 0.15) is 0 Å². The van der Waals surface area contributed by atoms with E-state index in [4.69, 9.17) is 4.74 Å². The second-order valence-corrected chi connectivity index (χ2v) is 5.34. The first kappa shape index (κ1) is 12.6. The van der Waals surface area contributed by atoms with Gasteiger partial charge in [-0.15, -0.1) is 0 Å². The number of carboxylic acid groups (broad SMARTS) is 1. The van der Waals surface area contributed by atoms with Gasteiger partial charge in [-0.3, -0.25) is 9.69 Å². The molecule has 0 aromatic heterocycles. The highest BCUT2D eigenvalue weighted by Gasteiger charge is 2.49. The number of benzene rings is 1. The van der Waals surface area contributed by atoms with Crippen LogP contribution >= 0.6 is 0 Å². The molecule has 1 N–H and O–H groups in total. The van der Waals surface area contributed by atoms with E-state index in [0.29, 0.717) is 6.04 Å². The predicted octanol–water partition coefficient (Wildman–Crippen LogP) is 1.58. The predicted molar refractivity (Wildman–Crippen MR) is 71.1 cm³/mol. The van der Waals surface area contributed by atoms with Gasteiger partial charge in [0.25, 0.3) is 0 Å². The molecule has 1 aromatic carbocycles. The highest BCUT2D eigenvalue weighted by Crippen LogP contribution is 2.46. The monoisotopic (exact) mass is 261 g/mol. The summed E-state index contributed by atoms with van der Waals surface area (Å²) < 4.78 is 5.35. The van der Waals surface area contributed by atoms with Crippen molar-refractivity contribution in [3.8, 4) is 0 Å². The summed E-state index contributed by atoms with van der Waals surface area (Å²) in [6.07, 6.45) is 0.992. The summed E-state index contributed by atoms with van der Waals surface area (Å²) >= 11 is 0. The van der Waals surface area contributed by atoms with Crippen molar-refractivity contribution in [2.45, 2.75) is 18.4 Å². The smallest absolute Gasteiger partial charge is 0.311 e. The van der Waals surface area contributed by atoms with Crippen LogP contribution < -0.4 is 0 Å². The molecule has 2 fully saturated rings. The summed E-state index contributed by atoms with van der Waals surface area (Å²) in [7, 11) is 0. The van der Waals surface area contributed by atoms with Crippen molar-refractivity contribution >= 4 is 5.97 Å². The summed E-state index contributed by atoms with van der Waals surface area (Å²) in [4.78, 5) is 13.9. The van der Waals surface area contributed by atoms with Crippen LogP contribution in [-0.2, 0) is 9.53 Å². The second kappa shape index (κ2) is 5.31. The Morgan fingerprint density at radius 3 is 2.58 bits per heavy atom. The van der Waals surface area contributed by atoms with Crippen molar-refractivity contribution in [2.24, 2.45) is 5.92 Å². The van der Waals surface area contributed by atoms with E-state index in [1.807, 2.05) is 30.3 Å². The van der Waals surface area contributed by atoms with Crippen molar-refractivity contribution in [1.29, 1.82) is 0 Å². The Hall–Kier alpha value is -1.39. The van der Waals surface area contributed by atoms with Crippen molar-refractivity contribution in [3.05, 3.63) is 35.9 Å². The zero-order chi connectivity index (χ0) is 13.2. The standard InChI is InChI=1S/C15H19NO3/c17-15(18)14(11-4-2-1-3-5-11)12-10-13(12)16-6-8-19-9-7-16/h1-5,12-14H,6-10H2,(H,17,18)/t12-,13-,14?/m0/s1. The number of carbonyl (C=O) groups is 1. The number of hydrogen-bond acceptors (Lipinski definition) is 3. The van der Waals surface area contributed by atoms with Gasteiger partial charge in [0.05, 0.1) is 19.1 Å². The molecule has 3 atom stereocenters. The van der Waals surface area contributed by atoms with Crippen LogP contribution in [0.2, 0.25) is 0 Å². The SMILES string of the molecule is O=C(O)C(c1ccccc1)[C@H]1C[C@@H]1N1CCOCC1. The average molecular weight is 261 g/mol. The van der Waals surface area contributed by atoms with Crippen LogP contribution in [0.4, 0.5) is 0 Å². The zero-order valence-electron chi connectivity index (χ0n) is 10.9. The Balaban J connectivity index is 1.71. The Labute approximate surface area is 113 Å². The Bertz CT molecular complexity index is 442. The van der Waals surface area contributed by atoms with Crippen molar-refractivity contribution in [2.75, 3.05) is 26.3 Å². The molecule has 0 bridgehead atoms. The molecule has 1 aliphatic heterocycles. The number of ether oxygens (including phenoxy) is 1. The highest BCUT2D eigenvalue weighted by molar-refractivity contribution is 5.77. The molecule has 1 unspecified atom stereocenters. The molecule has 1 saturated heterocycles. The topological polar surface area (TPSA) is 49.8 Å². The number of hydrogen-bond donors (Lipinski definition) is 1. The van der Waals surface area contributed by atoms with E-state index in [1.54, 1.807) is 0 Å². The molecule has 102 valence electrons. The van der Waals surface area contributed by atoms with Gasteiger partial charge in [-0.2, -0.15) is 0 Å². The van der Waals surface area contributed by atoms with Gasteiger partial charge in [0.2, 0.25) is 0 Å². The third-order valence-electron chi connectivity index (χ3n) is 4.17. The van der Waals surface area contributed by atoms with Crippen molar-refractivity contribution in [3.63, 3.8) is 0 Å². The Morgan fingerprint density at radius 2 is 1.95 bits per heavy atom. The minimum atomic E-state index is -0.702. The second-order valence-electron chi connectivity index (χ2n) is 5.34. The average Bonchev–Trinajstić information content (AvgIpc) is 3.21. The van der Waals surface area contributed by atoms with Crippen LogP contribution in [0.5, 0.6) is 0 Å². The van der Waals surface area contributed by atoms with Gasteiger partial charge in [-0.25, -0.2) is 0 Å². The van der Waals surface area contributed by atoms with Crippen molar-refractivity contribution < 1.29 is 14.6 Å². The van der Waals surface area contributed by atoms with E-state index >= 15 is 0 Å². The summed E-state index contributed by atoms with van der Waals surface area (Å²) in [6.45, 7) is 3.41. The maximum Gasteiger partial charge on any atom is 0.311 e. The summed E-state index contributed by atoms with van der Waals surface area (Å²) in [5.41, 5.74) is 0.927. The van der Waals surface area contributed by atoms with Gasteiger partial charge in [-0.1, -0.05) is 30.3 Å². The first-order valence-corrected chi connectivity index (χ1v) is 6.87. The fourth-order valence-electron chi connectivity index (χ4n) is 3.12. The molecule has 1 saturated carbocycles. The molecule has 0 radical (unpaired) electrons. The van der Waals surface area contributed by atoms with Crippen LogP contribution in [0.1, 0.15) is 17.9 Å². The summed E-state index contributed by atoms with van der Waals surface area (Å²) in [5, 5.41) is 9.51. The minimum Gasteiger partial charge on any atom is -0.481 e. The van der Waals surface area contributed by atoms with Gasteiger partial charge in [0, 0.05) is 19.1 Å². The molecular formula is C15H19NO3. The highest BCUT2D eigenvalue weighted by atomic mass is 16.5. The van der Waals surface area contributed by atoms with Crippen LogP contribution in [0.25, 0.3) is 0 Å². The fraction of sp³-hybridized carbons (Fsp3) is 0.533. The third kappa shape index (κ3) is 2.65. The summed E-state index contributed by atoms with van der Waals surface area (Å²) in [5.74, 6) is -0.820. The van der Waals surface area contributed by atoms with E-state index in [2.05, 4.69) is 4.90 Å². The van der Waals surface area contributed by atoms with Gasteiger partial charge in [0.15, 0.2) is 0 Å². The van der Waals surface area contributed by atoms with Crippen LogP contribution in [0.3, 0.4) is 0 Å². The fourth-order valence-corrected chi connectivity index (χ4v) is 3.12. The largest absolute Gasteiger partial charge is 0.481 e. The number of aliphatic carboxylic acids is 1. The lowest BCUT2D eigenvalue weighted by atomic mass is 9.94. The first-order chi connectivity index (χ1) is 9.27. The molecule has 1 heterocycles. The lowest BCUT2D eigenvalue weighted by molar-refractivity contribution is -0.139. The van der Waals surface area contributed by atoms with Crippen LogP contribution in [-0.4, -0.2) is 48.3 Å². The molecule has 0 amide bonds. The van der Waals surface area contributed by atoms with E-state index in [1.165, 1.54) is 0 Å². The normalized spacial score (nSPS) is 28.8. The van der Waals surface area contributed by atoms with Gasteiger partial charge in [-0.05, 0) is 17.9 Å². The summed E-state index contributed by atoms with van der Waals surface area (Å²) in [6, 6.07) is 10.0. The molecule has 19 heavy (non-hydrogen) atoms. The molecule has 4 nitrogen and oxygen atoms in total. The molecule has 0 spiro atoms. The van der Waals surface area contributed by atoms with Gasteiger partial charge >= 0.3 is 5.97 Å². The number of carboxylic acids is 1. The quantitative estimate of drug-likeness (QED) is 0.894. The Morgan fingerprint density at radius 1 is 1.26 bits per heavy atom. The van der Waals surface area contributed by atoms with Crippen molar-refractivity contribution in [1.82, 2.24) is 4.90 Å².